The zero-order valence-electron chi connectivity index (χ0n) is 20.4. The van der Waals surface area contributed by atoms with Gasteiger partial charge in [0.1, 0.15) is 0 Å². The molecule has 3 rings (SSSR count). The third-order valence-corrected chi connectivity index (χ3v) is 8.40. The van der Waals surface area contributed by atoms with E-state index in [4.69, 9.17) is 4.74 Å². The average molecular weight is 436 g/mol. The number of hydrogen-bond acceptors (Lipinski definition) is 4. The van der Waals surface area contributed by atoms with Gasteiger partial charge in [0.2, 0.25) is 11.8 Å². The summed E-state index contributed by atoms with van der Waals surface area (Å²) in [5.41, 5.74) is 0. The minimum atomic E-state index is -0.119. The van der Waals surface area contributed by atoms with E-state index in [1.807, 2.05) is 0 Å². The molecule has 2 amide bonds. The molecular weight excluding hydrogens is 390 g/mol. The fourth-order valence-corrected chi connectivity index (χ4v) is 6.42. The van der Waals surface area contributed by atoms with Gasteiger partial charge in [-0.25, -0.2) is 0 Å². The zero-order valence-corrected chi connectivity index (χ0v) is 20.4. The van der Waals surface area contributed by atoms with Crippen molar-refractivity contribution in [3.8, 4) is 0 Å². The molecule has 0 spiro atoms. The van der Waals surface area contributed by atoms with Crippen LogP contribution in [0.1, 0.15) is 73.1 Å². The lowest BCUT2D eigenvalue weighted by Crippen LogP contribution is -2.55. The van der Waals surface area contributed by atoms with Crippen LogP contribution in [-0.2, 0) is 14.3 Å². The summed E-state index contributed by atoms with van der Waals surface area (Å²) in [4.78, 5) is 28.5. The van der Waals surface area contributed by atoms with Crippen molar-refractivity contribution in [3.63, 3.8) is 0 Å². The van der Waals surface area contributed by atoms with Gasteiger partial charge >= 0.3 is 0 Å². The lowest BCUT2D eigenvalue weighted by atomic mass is 9.69. The first kappa shape index (κ1) is 24.5. The molecule has 7 atom stereocenters. The second-order valence-corrected chi connectivity index (χ2v) is 10.4. The van der Waals surface area contributed by atoms with E-state index < -0.39 is 0 Å². The van der Waals surface area contributed by atoms with Crippen LogP contribution in [0.25, 0.3) is 0 Å². The van der Waals surface area contributed by atoms with Crippen LogP contribution in [0, 0.1) is 29.6 Å². The van der Waals surface area contributed by atoms with Crippen molar-refractivity contribution in [1.82, 2.24) is 15.5 Å². The van der Waals surface area contributed by atoms with Crippen LogP contribution in [0.15, 0.2) is 0 Å². The molecule has 3 fully saturated rings. The van der Waals surface area contributed by atoms with Crippen LogP contribution in [0.5, 0.6) is 0 Å². The molecule has 1 saturated carbocycles. The Morgan fingerprint density at radius 2 is 1.84 bits per heavy atom. The highest BCUT2D eigenvalue weighted by molar-refractivity contribution is 5.83. The molecule has 178 valence electrons. The highest BCUT2D eigenvalue weighted by Gasteiger charge is 2.42. The quantitative estimate of drug-likeness (QED) is 0.644. The number of ether oxygens (including phenoxy) is 1. The number of hydrogen-bond donors (Lipinski definition) is 2. The van der Waals surface area contributed by atoms with Gasteiger partial charge in [0, 0.05) is 43.8 Å². The molecule has 31 heavy (non-hydrogen) atoms. The first-order valence-electron chi connectivity index (χ1n) is 12.8. The largest absolute Gasteiger partial charge is 0.381 e. The Labute approximate surface area is 189 Å². The first-order valence-corrected chi connectivity index (χ1v) is 12.8. The van der Waals surface area contributed by atoms with E-state index in [1.165, 1.54) is 6.42 Å². The third-order valence-electron chi connectivity index (χ3n) is 8.40. The van der Waals surface area contributed by atoms with Crippen LogP contribution in [0.3, 0.4) is 0 Å². The van der Waals surface area contributed by atoms with E-state index in [-0.39, 0.29) is 29.7 Å². The van der Waals surface area contributed by atoms with Crippen LogP contribution in [0.2, 0.25) is 0 Å². The van der Waals surface area contributed by atoms with Gasteiger partial charge in [0.25, 0.3) is 0 Å². The van der Waals surface area contributed by atoms with E-state index in [2.05, 4.69) is 50.2 Å². The van der Waals surface area contributed by atoms with Crippen molar-refractivity contribution in [3.05, 3.63) is 0 Å². The number of amides is 2. The number of nitrogens with one attached hydrogen (secondary N) is 2. The lowest BCUT2D eigenvalue weighted by Gasteiger charge is -2.48. The van der Waals surface area contributed by atoms with Crippen molar-refractivity contribution in [2.24, 2.45) is 29.6 Å². The summed E-state index contributed by atoms with van der Waals surface area (Å²) in [7, 11) is 0. The number of nitrogens with zero attached hydrogens (tertiary/aromatic N) is 1. The molecule has 6 nitrogen and oxygen atoms in total. The second-order valence-electron chi connectivity index (χ2n) is 10.4. The molecule has 2 aliphatic heterocycles. The van der Waals surface area contributed by atoms with Crippen molar-refractivity contribution in [2.45, 2.75) is 91.3 Å². The highest BCUT2D eigenvalue weighted by atomic mass is 16.5. The van der Waals surface area contributed by atoms with Crippen LogP contribution in [-0.4, -0.2) is 61.1 Å². The average Bonchev–Trinajstić information content (AvgIpc) is 2.75. The maximum atomic E-state index is 13.3. The summed E-state index contributed by atoms with van der Waals surface area (Å²) < 4.78 is 5.60. The molecule has 2 saturated heterocycles. The van der Waals surface area contributed by atoms with Crippen LogP contribution < -0.4 is 10.6 Å². The fourth-order valence-electron chi connectivity index (χ4n) is 6.42. The minimum Gasteiger partial charge on any atom is -0.381 e. The molecule has 0 aromatic carbocycles. The SMILES string of the molecule is CCC1CC(C(=O)NCC2C(=O)NC(C)CC2C)C(C)C(N(CC)C2CCOCC2)C1. The Morgan fingerprint density at radius 1 is 1.13 bits per heavy atom. The van der Waals surface area contributed by atoms with Gasteiger partial charge in [-0.05, 0) is 63.3 Å². The lowest BCUT2D eigenvalue weighted by molar-refractivity contribution is -0.133. The normalized spacial score (nSPS) is 37.5. The van der Waals surface area contributed by atoms with Crippen LogP contribution in [0.4, 0.5) is 0 Å². The van der Waals surface area contributed by atoms with Crippen molar-refractivity contribution >= 4 is 11.8 Å². The van der Waals surface area contributed by atoms with Gasteiger partial charge in [-0.1, -0.05) is 34.1 Å². The predicted octanol–water partition coefficient (Wildman–Crippen LogP) is 3.21. The number of carbonyl (C=O) groups excluding carboxylic acids is 2. The summed E-state index contributed by atoms with van der Waals surface area (Å²) in [5.74, 6) is 1.35. The molecule has 0 aromatic heterocycles. The molecule has 6 heteroatoms. The van der Waals surface area contributed by atoms with Gasteiger partial charge in [0.15, 0.2) is 0 Å². The smallest absolute Gasteiger partial charge is 0.225 e. The van der Waals surface area contributed by atoms with Gasteiger partial charge in [-0.3, -0.25) is 14.5 Å². The number of carbonyl (C=O) groups is 2. The van der Waals surface area contributed by atoms with E-state index >= 15 is 0 Å². The Hall–Kier alpha value is -1.14. The second kappa shape index (κ2) is 11.1. The molecule has 3 aliphatic rings. The maximum Gasteiger partial charge on any atom is 0.225 e. The van der Waals surface area contributed by atoms with E-state index in [9.17, 15) is 9.59 Å². The number of piperidine rings is 1. The standard InChI is InChI=1S/C25H45N3O3/c1-6-19-13-21(24(29)26-15-22-16(3)12-17(4)27-25(22)30)18(5)23(14-19)28(7-2)20-8-10-31-11-9-20/h16-23H,6-15H2,1-5H3,(H,26,29)(H,27,30). The Morgan fingerprint density at radius 3 is 2.45 bits per heavy atom. The van der Waals surface area contributed by atoms with E-state index in [1.54, 1.807) is 0 Å². The summed E-state index contributed by atoms with van der Waals surface area (Å²) in [5, 5.41) is 6.24. The van der Waals surface area contributed by atoms with E-state index in [0.29, 0.717) is 36.4 Å². The van der Waals surface area contributed by atoms with Gasteiger partial charge in [-0.2, -0.15) is 0 Å². The summed E-state index contributed by atoms with van der Waals surface area (Å²) in [6.45, 7) is 14.2. The Balaban J connectivity index is 1.66. The molecule has 0 radical (unpaired) electrons. The van der Waals surface area contributed by atoms with Gasteiger partial charge in [-0.15, -0.1) is 0 Å². The molecule has 1 aliphatic carbocycles. The van der Waals surface area contributed by atoms with E-state index in [0.717, 1.165) is 51.9 Å². The van der Waals surface area contributed by atoms with Crippen molar-refractivity contribution in [1.29, 1.82) is 0 Å². The Bertz CT molecular complexity index is 607. The summed E-state index contributed by atoms with van der Waals surface area (Å²) >= 11 is 0. The molecule has 7 unspecified atom stereocenters. The molecule has 2 N–H and O–H groups in total. The topological polar surface area (TPSA) is 70.7 Å². The zero-order chi connectivity index (χ0) is 22.5. The molecule has 0 bridgehead atoms. The summed E-state index contributed by atoms with van der Waals surface area (Å²) in [6, 6.07) is 1.24. The van der Waals surface area contributed by atoms with Crippen LogP contribution >= 0.6 is 0 Å². The predicted molar refractivity (Wildman–Crippen MR) is 124 cm³/mol. The van der Waals surface area contributed by atoms with Crippen molar-refractivity contribution in [2.75, 3.05) is 26.3 Å². The first-order chi connectivity index (χ1) is 14.8. The fraction of sp³-hybridized carbons (Fsp3) is 0.920. The minimum absolute atomic E-state index is 0.0264. The van der Waals surface area contributed by atoms with Gasteiger partial charge in [0.05, 0.1) is 5.92 Å². The third kappa shape index (κ3) is 5.81. The number of rotatable bonds is 7. The Kier molecular flexibility index (Phi) is 8.80. The highest BCUT2D eigenvalue weighted by Crippen LogP contribution is 2.40. The summed E-state index contributed by atoms with van der Waals surface area (Å²) in [6.07, 6.45) is 6.44. The molecule has 2 heterocycles. The monoisotopic (exact) mass is 435 g/mol. The molecular formula is C25H45N3O3. The van der Waals surface area contributed by atoms with Crippen molar-refractivity contribution < 1.29 is 14.3 Å². The van der Waals surface area contributed by atoms with Gasteiger partial charge < -0.3 is 15.4 Å². The molecule has 0 aromatic rings. The maximum absolute atomic E-state index is 13.3.